The summed E-state index contributed by atoms with van der Waals surface area (Å²) in [6, 6.07) is 5.34. The van der Waals surface area contributed by atoms with Crippen molar-refractivity contribution in [2.24, 2.45) is 0 Å². The van der Waals surface area contributed by atoms with Crippen LogP contribution in [0.3, 0.4) is 0 Å². The predicted molar refractivity (Wildman–Crippen MR) is 73.8 cm³/mol. The lowest BCUT2D eigenvalue weighted by Gasteiger charge is -2.06. The molecule has 0 atom stereocenters. The van der Waals surface area contributed by atoms with Crippen molar-refractivity contribution in [2.75, 3.05) is 5.32 Å². The molecule has 1 amide bonds. The number of unbranched alkanes of at least 4 members (excludes halogenated alkanes) is 3. The minimum absolute atomic E-state index is 0.165. The van der Waals surface area contributed by atoms with Crippen LogP contribution in [0.4, 0.5) is 23.2 Å². The third-order valence-electron chi connectivity index (χ3n) is 3.00. The number of hydrogen-bond donors (Lipinski definition) is 1. The molecule has 0 aromatic heterocycles. The van der Waals surface area contributed by atoms with Gasteiger partial charge in [0.05, 0.1) is 0 Å². The van der Waals surface area contributed by atoms with Crippen LogP contribution in [0.25, 0.3) is 0 Å². The normalized spacial score (nSPS) is 11.3. The first kappa shape index (κ1) is 18.1. The van der Waals surface area contributed by atoms with Gasteiger partial charge in [-0.15, -0.1) is 0 Å². The summed E-state index contributed by atoms with van der Waals surface area (Å²) >= 11 is 0. The van der Waals surface area contributed by atoms with E-state index in [1.54, 1.807) is 0 Å². The summed E-state index contributed by atoms with van der Waals surface area (Å²) in [4.78, 5) is 22.2. The molecule has 0 unspecified atom stereocenters. The highest BCUT2D eigenvalue weighted by molar-refractivity contribution is 5.90. The molecule has 122 valence electrons. The predicted octanol–water partition coefficient (Wildman–Crippen LogP) is 4.24. The van der Waals surface area contributed by atoms with E-state index in [1.807, 2.05) is 0 Å². The molecular formula is C15H17F4NO2. The van der Waals surface area contributed by atoms with Crippen LogP contribution in [0.1, 0.15) is 38.5 Å². The zero-order valence-corrected chi connectivity index (χ0v) is 11.9. The molecule has 0 spiro atoms. The van der Waals surface area contributed by atoms with Gasteiger partial charge in [0.15, 0.2) is 0 Å². The van der Waals surface area contributed by atoms with Crippen molar-refractivity contribution in [2.45, 2.75) is 44.7 Å². The van der Waals surface area contributed by atoms with Gasteiger partial charge in [0.25, 0.3) is 0 Å². The number of nitrogens with one attached hydrogen (secondary N) is 1. The van der Waals surface area contributed by atoms with Gasteiger partial charge in [-0.05, 0) is 37.1 Å². The van der Waals surface area contributed by atoms with Gasteiger partial charge in [0.1, 0.15) is 5.82 Å². The molecule has 0 fully saturated rings. The molecule has 0 aliphatic heterocycles. The van der Waals surface area contributed by atoms with Crippen molar-refractivity contribution in [1.29, 1.82) is 0 Å². The van der Waals surface area contributed by atoms with E-state index >= 15 is 0 Å². The number of Topliss-reactive ketones (excluding diaryl/α,β-unsaturated/α-hetero) is 1. The van der Waals surface area contributed by atoms with Gasteiger partial charge in [-0.25, -0.2) is 4.39 Å². The van der Waals surface area contributed by atoms with E-state index in [0.717, 1.165) is 0 Å². The molecule has 1 aromatic rings. The number of rotatable bonds is 8. The Bertz CT molecular complexity index is 497. The van der Waals surface area contributed by atoms with E-state index < -0.39 is 24.2 Å². The molecule has 1 rings (SSSR count). The van der Waals surface area contributed by atoms with Crippen LogP contribution < -0.4 is 5.32 Å². The van der Waals surface area contributed by atoms with E-state index in [4.69, 9.17) is 0 Å². The van der Waals surface area contributed by atoms with Crippen LogP contribution in [-0.2, 0) is 9.59 Å². The van der Waals surface area contributed by atoms with Gasteiger partial charge in [-0.3, -0.25) is 9.59 Å². The first-order valence-corrected chi connectivity index (χ1v) is 6.94. The van der Waals surface area contributed by atoms with Crippen molar-refractivity contribution in [1.82, 2.24) is 0 Å². The van der Waals surface area contributed by atoms with E-state index in [-0.39, 0.29) is 18.7 Å². The molecule has 1 N–H and O–H groups in total. The SMILES string of the molecule is O=C(CCCCCCC(=O)C(F)(F)F)Nc1ccc(F)cc1. The molecule has 0 saturated carbocycles. The smallest absolute Gasteiger partial charge is 0.326 e. The van der Waals surface area contributed by atoms with Crippen LogP contribution in [-0.4, -0.2) is 17.9 Å². The maximum atomic E-state index is 12.7. The summed E-state index contributed by atoms with van der Waals surface area (Å²) in [6.07, 6.45) is -3.32. The molecular weight excluding hydrogens is 302 g/mol. The number of ketones is 1. The third kappa shape index (κ3) is 7.19. The molecule has 0 aliphatic carbocycles. The van der Waals surface area contributed by atoms with Crippen LogP contribution in [0.15, 0.2) is 24.3 Å². The molecule has 22 heavy (non-hydrogen) atoms. The monoisotopic (exact) mass is 319 g/mol. The zero-order valence-electron chi connectivity index (χ0n) is 11.9. The Hall–Kier alpha value is -1.92. The summed E-state index contributed by atoms with van der Waals surface area (Å²) in [7, 11) is 0. The Morgan fingerprint density at radius 2 is 1.45 bits per heavy atom. The Kier molecular flexibility index (Phi) is 7.01. The highest BCUT2D eigenvalue weighted by Crippen LogP contribution is 2.19. The third-order valence-corrected chi connectivity index (χ3v) is 3.00. The Labute approximate surface area is 125 Å². The Morgan fingerprint density at radius 3 is 2.00 bits per heavy atom. The number of anilines is 1. The molecule has 0 radical (unpaired) electrons. The highest BCUT2D eigenvalue weighted by Gasteiger charge is 2.36. The largest absolute Gasteiger partial charge is 0.449 e. The van der Waals surface area contributed by atoms with Gasteiger partial charge in [0, 0.05) is 18.5 Å². The molecule has 1 aromatic carbocycles. The second-order valence-electron chi connectivity index (χ2n) is 4.89. The molecule has 0 saturated heterocycles. The molecule has 0 heterocycles. The van der Waals surface area contributed by atoms with Crippen LogP contribution >= 0.6 is 0 Å². The second kappa shape index (κ2) is 8.51. The molecule has 0 bridgehead atoms. The minimum atomic E-state index is -4.75. The topological polar surface area (TPSA) is 46.2 Å². The number of carbonyl (C=O) groups is 2. The number of halogens is 4. The van der Waals surface area contributed by atoms with E-state index in [1.165, 1.54) is 24.3 Å². The van der Waals surface area contributed by atoms with Crippen LogP contribution in [0.5, 0.6) is 0 Å². The fraction of sp³-hybridized carbons (Fsp3) is 0.467. The lowest BCUT2D eigenvalue weighted by Crippen LogP contribution is -2.22. The Morgan fingerprint density at radius 1 is 0.909 bits per heavy atom. The summed E-state index contributed by atoms with van der Waals surface area (Å²) in [5.74, 6) is -2.34. The van der Waals surface area contributed by atoms with Crippen molar-refractivity contribution < 1.29 is 27.2 Å². The fourth-order valence-corrected chi connectivity index (χ4v) is 1.82. The highest BCUT2D eigenvalue weighted by atomic mass is 19.4. The summed E-state index contributed by atoms with van der Waals surface area (Å²) in [6.45, 7) is 0. The quantitative estimate of drug-likeness (QED) is 0.575. The fourth-order valence-electron chi connectivity index (χ4n) is 1.82. The first-order valence-electron chi connectivity index (χ1n) is 6.94. The second-order valence-corrected chi connectivity index (χ2v) is 4.89. The van der Waals surface area contributed by atoms with Crippen molar-refractivity contribution in [3.63, 3.8) is 0 Å². The van der Waals surface area contributed by atoms with Gasteiger partial charge in [-0.1, -0.05) is 12.8 Å². The summed E-state index contributed by atoms with van der Waals surface area (Å²) < 4.78 is 48.5. The average molecular weight is 319 g/mol. The minimum Gasteiger partial charge on any atom is -0.326 e. The lowest BCUT2D eigenvalue weighted by atomic mass is 10.1. The van der Waals surface area contributed by atoms with Gasteiger partial charge < -0.3 is 5.32 Å². The number of amides is 1. The van der Waals surface area contributed by atoms with Gasteiger partial charge in [-0.2, -0.15) is 13.2 Å². The molecule has 3 nitrogen and oxygen atoms in total. The van der Waals surface area contributed by atoms with Crippen molar-refractivity contribution in [3.05, 3.63) is 30.1 Å². The standard InChI is InChI=1S/C15H17F4NO2/c16-11-7-9-12(10-8-11)20-14(22)6-4-2-1-3-5-13(21)15(17,18)19/h7-10H,1-6H2,(H,20,22). The van der Waals surface area contributed by atoms with E-state index in [0.29, 0.717) is 24.9 Å². The number of alkyl halides is 3. The van der Waals surface area contributed by atoms with Crippen molar-refractivity contribution in [3.8, 4) is 0 Å². The van der Waals surface area contributed by atoms with E-state index in [2.05, 4.69) is 5.32 Å². The number of carbonyl (C=O) groups excluding carboxylic acids is 2. The zero-order chi connectivity index (χ0) is 16.6. The summed E-state index contributed by atoms with van der Waals surface area (Å²) in [5, 5.41) is 2.59. The number of benzene rings is 1. The van der Waals surface area contributed by atoms with Gasteiger partial charge >= 0.3 is 6.18 Å². The lowest BCUT2D eigenvalue weighted by molar-refractivity contribution is -0.171. The first-order chi connectivity index (χ1) is 10.3. The Balaban J connectivity index is 2.11. The van der Waals surface area contributed by atoms with Gasteiger partial charge in [0.2, 0.25) is 11.7 Å². The van der Waals surface area contributed by atoms with Crippen LogP contribution in [0, 0.1) is 5.82 Å². The average Bonchev–Trinajstić information content (AvgIpc) is 2.44. The maximum Gasteiger partial charge on any atom is 0.449 e. The maximum absolute atomic E-state index is 12.7. The summed E-state index contributed by atoms with van der Waals surface area (Å²) in [5.41, 5.74) is 0.488. The van der Waals surface area contributed by atoms with Crippen molar-refractivity contribution >= 4 is 17.4 Å². The molecule has 0 aliphatic rings. The number of hydrogen-bond acceptors (Lipinski definition) is 2. The van der Waals surface area contributed by atoms with E-state index in [9.17, 15) is 27.2 Å². The molecule has 7 heteroatoms. The van der Waals surface area contributed by atoms with Crippen LogP contribution in [0.2, 0.25) is 0 Å².